The van der Waals surface area contributed by atoms with Crippen molar-refractivity contribution in [2.75, 3.05) is 13.1 Å². The van der Waals surface area contributed by atoms with E-state index in [-0.39, 0.29) is 17.9 Å². The Morgan fingerprint density at radius 1 is 1.29 bits per heavy atom. The molecule has 2 aliphatic carbocycles. The molecule has 0 aromatic rings. The van der Waals surface area contributed by atoms with Crippen LogP contribution in [-0.4, -0.2) is 35.8 Å². The van der Waals surface area contributed by atoms with Crippen LogP contribution < -0.4 is 5.32 Å². The van der Waals surface area contributed by atoms with E-state index in [2.05, 4.69) is 19.2 Å². The summed E-state index contributed by atoms with van der Waals surface area (Å²) in [5.74, 6) is 1.30. The number of rotatable bonds is 1. The summed E-state index contributed by atoms with van der Waals surface area (Å²) in [7, 11) is 0. The van der Waals surface area contributed by atoms with Gasteiger partial charge in [0, 0.05) is 25.4 Å². The molecule has 4 heteroatoms. The van der Waals surface area contributed by atoms with E-state index in [1.54, 1.807) is 0 Å². The van der Waals surface area contributed by atoms with Crippen molar-refractivity contribution in [2.24, 2.45) is 22.7 Å². The summed E-state index contributed by atoms with van der Waals surface area (Å²) in [5.41, 5.74) is 0.800. The summed E-state index contributed by atoms with van der Waals surface area (Å²) >= 11 is 0. The molecule has 3 atom stereocenters. The van der Waals surface area contributed by atoms with Gasteiger partial charge >= 0.3 is 0 Å². The first-order valence-electron chi connectivity index (χ1n) is 8.47. The molecule has 21 heavy (non-hydrogen) atoms. The van der Waals surface area contributed by atoms with Gasteiger partial charge in [0.25, 0.3) is 0 Å². The van der Waals surface area contributed by atoms with Crippen molar-refractivity contribution in [3.8, 4) is 0 Å². The van der Waals surface area contributed by atoms with Crippen LogP contribution in [0.2, 0.25) is 0 Å². The molecule has 2 saturated heterocycles. The fourth-order valence-electron chi connectivity index (χ4n) is 5.47. The Morgan fingerprint density at radius 3 is 2.76 bits per heavy atom. The molecule has 4 nitrogen and oxygen atoms in total. The van der Waals surface area contributed by atoms with Gasteiger partial charge in [-0.15, -0.1) is 0 Å². The van der Waals surface area contributed by atoms with Crippen LogP contribution >= 0.6 is 0 Å². The lowest BCUT2D eigenvalue weighted by Gasteiger charge is -2.44. The van der Waals surface area contributed by atoms with Crippen molar-refractivity contribution in [2.45, 2.75) is 58.4 Å². The van der Waals surface area contributed by atoms with Gasteiger partial charge in [0.2, 0.25) is 11.8 Å². The van der Waals surface area contributed by atoms with E-state index in [1.807, 2.05) is 4.90 Å². The SMILES string of the molecule is CC1(C)CC2(CC2C(=O)N2CC3CCCC(=O)NC3C2)C1. The Hall–Kier alpha value is -1.06. The molecule has 116 valence electrons. The van der Waals surface area contributed by atoms with Crippen molar-refractivity contribution in [3.63, 3.8) is 0 Å². The minimum absolute atomic E-state index is 0.167. The third-order valence-corrected chi connectivity index (χ3v) is 6.23. The van der Waals surface area contributed by atoms with Crippen LogP contribution in [0.15, 0.2) is 0 Å². The molecule has 0 aromatic carbocycles. The number of hydrogen-bond donors (Lipinski definition) is 1. The number of amides is 2. The first-order chi connectivity index (χ1) is 9.89. The van der Waals surface area contributed by atoms with Crippen molar-refractivity contribution < 1.29 is 9.59 Å². The summed E-state index contributed by atoms with van der Waals surface area (Å²) in [6, 6.07) is 0.205. The summed E-state index contributed by atoms with van der Waals surface area (Å²) in [5, 5.41) is 3.11. The highest BCUT2D eigenvalue weighted by atomic mass is 16.2. The maximum absolute atomic E-state index is 12.8. The topological polar surface area (TPSA) is 49.4 Å². The molecular weight excluding hydrogens is 264 g/mol. The number of nitrogens with one attached hydrogen (secondary N) is 1. The van der Waals surface area contributed by atoms with Gasteiger partial charge in [-0.2, -0.15) is 0 Å². The molecule has 4 aliphatic rings. The fourth-order valence-corrected chi connectivity index (χ4v) is 5.47. The fraction of sp³-hybridized carbons (Fsp3) is 0.882. The molecule has 4 fully saturated rings. The molecule has 0 radical (unpaired) electrons. The lowest BCUT2D eigenvalue weighted by atomic mass is 9.61. The monoisotopic (exact) mass is 290 g/mol. The lowest BCUT2D eigenvalue weighted by Crippen LogP contribution is -2.41. The Labute approximate surface area is 126 Å². The normalized spacial score (nSPS) is 39.2. The van der Waals surface area contributed by atoms with Crippen molar-refractivity contribution in [3.05, 3.63) is 0 Å². The zero-order valence-corrected chi connectivity index (χ0v) is 13.2. The van der Waals surface area contributed by atoms with Gasteiger partial charge in [0.05, 0.1) is 6.04 Å². The average molecular weight is 290 g/mol. The first kappa shape index (κ1) is 13.6. The van der Waals surface area contributed by atoms with E-state index in [1.165, 1.54) is 12.8 Å². The quantitative estimate of drug-likeness (QED) is 0.802. The van der Waals surface area contributed by atoms with Crippen LogP contribution in [-0.2, 0) is 9.59 Å². The van der Waals surface area contributed by atoms with Gasteiger partial charge in [0.15, 0.2) is 0 Å². The van der Waals surface area contributed by atoms with E-state index < -0.39 is 0 Å². The van der Waals surface area contributed by atoms with E-state index >= 15 is 0 Å². The largest absolute Gasteiger partial charge is 0.351 e. The second kappa shape index (κ2) is 4.23. The predicted octanol–water partition coefficient (Wildman–Crippen LogP) is 1.94. The highest BCUT2D eigenvalue weighted by Crippen LogP contribution is 2.72. The van der Waals surface area contributed by atoms with E-state index in [0.717, 1.165) is 32.4 Å². The van der Waals surface area contributed by atoms with Gasteiger partial charge in [0.1, 0.15) is 0 Å². The molecule has 4 rings (SSSR count). The molecule has 1 N–H and O–H groups in total. The summed E-state index contributed by atoms with van der Waals surface area (Å²) in [6.07, 6.45) is 6.24. The molecular formula is C17H26N2O2. The van der Waals surface area contributed by atoms with Crippen LogP contribution in [0.4, 0.5) is 0 Å². The number of carbonyl (C=O) groups is 2. The standard InChI is InChI=1S/C17H26N2O2/c1-16(2)9-17(10-16)6-12(17)15(21)19-7-11-4-3-5-14(20)18-13(11)8-19/h11-13H,3-10H2,1-2H3,(H,18,20). The number of fused-ring (bicyclic) bond motifs is 1. The predicted molar refractivity (Wildman–Crippen MR) is 79.4 cm³/mol. The van der Waals surface area contributed by atoms with Crippen LogP contribution in [0, 0.1) is 22.7 Å². The number of likely N-dealkylation sites (tertiary alicyclic amines) is 1. The van der Waals surface area contributed by atoms with E-state index in [9.17, 15) is 9.59 Å². The second-order valence-corrected chi connectivity index (χ2v) is 8.71. The Bertz CT molecular complexity index is 491. The number of hydrogen-bond acceptors (Lipinski definition) is 2. The minimum Gasteiger partial charge on any atom is -0.351 e. The minimum atomic E-state index is 0.167. The third kappa shape index (κ3) is 2.18. The lowest BCUT2D eigenvalue weighted by molar-refractivity contribution is -0.134. The van der Waals surface area contributed by atoms with Crippen LogP contribution in [0.25, 0.3) is 0 Å². The zero-order chi connectivity index (χ0) is 14.8. The summed E-state index contributed by atoms with van der Waals surface area (Å²) in [6.45, 7) is 6.22. The Balaban J connectivity index is 1.38. The second-order valence-electron chi connectivity index (χ2n) is 8.71. The number of nitrogens with zero attached hydrogens (tertiary/aromatic N) is 1. The van der Waals surface area contributed by atoms with Gasteiger partial charge in [-0.05, 0) is 48.9 Å². The first-order valence-corrected chi connectivity index (χ1v) is 8.47. The van der Waals surface area contributed by atoms with Crippen molar-refractivity contribution >= 4 is 11.8 Å². The molecule has 2 amide bonds. The average Bonchev–Trinajstić information content (AvgIpc) is 2.98. The highest BCUT2D eigenvalue weighted by molar-refractivity contribution is 5.84. The summed E-state index contributed by atoms with van der Waals surface area (Å²) < 4.78 is 0. The zero-order valence-electron chi connectivity index (χ0n) is 13.2. The van der Waals surface area contributed by atoms with Crippen LogP contribution in [0.1, 0.15) is 52.4 Å². The molecule has 1 spiro atoms. The molecule has 0 bridgehead atoms. The van der Waals surface area contributed by atoms with Gasteiger partial charge in [-0.25, -0.2) is 0 Å². The van der Waals surface area contributed by atoms with E-state index in [4.69, 9.17) is 0 Å². The molecule has 2 aliphatic heterocycles. The molecule has 0 aromatic heterocycles. The van der Waals surface area contributed by atoms with Gasteiger partial charge in [-0.3, -0.25) is 9.59 Å². The van der Waals surface area contributed by atoms with Crippen molar-refractivity contribution in [1.29, 1.82) is 0 Å². The maximum atomic E-state index is 12.8. The number of carbonyl (C=O) groups excluding carboxylic acids is 2. The molecule has 2 heterocycles. The van der Waals surface area contributed by atoms with Crippen LogP contribution in [0.5, 0.6) is 0 Å². The summed E-state index contributed by atoms with van der Waals surface area (Å²) in [4.78, 5) is 26.5. The van der Waals surface area contributed by atoms with Crippen LogP contribution in [0.3, 0.4) is 0 Å². The smallest absolute Gasteiger partial charge is 0.226 e. The molecule has 3 unspecified atom stereocenters. The Kier molecular flexibility index (Phi) is 2.74. The highest BCUT2D eigenvalue weighted by Gasteiger charge is 2.67. The van der Waals surface area contributed by atoms with Crippen molar-refractivity contribution in [1.82, 2.24) is 10.2 Å². The maximum Gasteiger partial charge on any atom is 0.226 e. The molecule has 2 saturated carbocycles. The Morgan fingerprint density at radius 2 is 2.05 bits per heavy atom. The van der Waals surface area contributed by atoms with Gasteiger partial charge < -0.3 is 10.2 Å². The van der Waals surface area contributed by atoms with Gasteiger partial charge in [-0.1, -0.05) is 13.8 Å². The third-order valence-electron chi connectivity index (χ3n) is 6.23. The van der Waals surface area contributed by atoms with E-state index in [0.29, 0.717) is 29.1 Å².